The van der Waals surface area contributed by atoms with Crippen molar-refractivity contribution in [2.75, 3.05) is 6.61 Å². The number of hydrogen-bond acceptors (Lipinski definition) is 4. The van der Waals surface area contributed by atoms with E-state index in [-0.39, 0.29) is 17.5 Å². The molecule has 0 aromatic heterocycles. The van der Waals surface area contributed by atoms with Crippen LogP contribution in [0.15, 0.2) is 24.3 Å². The minimum Gasteiger partial charge on any atom is -0.494 e. The predicted molar refractivity (Wildman–Crippen MR) is 97.5 cm³/mol. The topological polar surface area (TPSA) is 59.3 Å². The molecule has 0 aliphatic heterocycles. The first kappa shape index (κ1) is 19.3. The highest BCUT2D eigenvalue weighted by Gasteiger charge is 2.36. The van der Waals surface area contributed by atoms with Gasteiger partial charge in [0.2, 0.25) is 0 Å². The number of hydrogen-bond donors (Lipinski definition) is 0. The summed E-state index contributed by atoms with van der Waals surface area (Å²) in [6.07, 6.45) is 7.24. The van der Waals surface area contributed by atoms with Crippen LogP contribution in [0.3, 0.4) is 0 Å². The highest BCUT2D eigenvalue weighted by atomic mass is 16.5. The van der Waals surface area contributed by atoms with Crippen molar-refractivity contribution in [2.24, 2.45) is 5.41 Å². The molecule has 1 aromatic carbocycles. The van der Waals surface area contributed by atoms with E-state index in [1.54, 1.807) is 24.3 Å². The van der Waals surface area contributed by atoms with E-state index in [4.69, 9.17) is 9.47 Å². The van der Waals surface area contributed by atoms with Crippen LogP contribution in [0.1, 0.15) is 75.6 Å². The number of esters is 1. The first-order valence-corrected chi connectivity index (χ1v) is 9.47. The van der Waals surface area contributed by atoms with Crippen molar-refractivity contribution in [2.45, 2.75) is 71.3 Å². The molecule has 4 heteroatoms. The Kier molecular flexibility index (Phi) is 7.31. The molecule has 0 heterocycles. The number of carbonyl (C=O) groups excluding carboxylic acids is 1. The summed E-state index contributed by atoms with van der Waals surface area (Å²) in [4.78, 5) is 12.3. The Bertz CT molecular complexity index is 580. The van der Waals surface area contributed by atoms with Crippen molar-refractivity contribution in [3.63, 3.8) is 0 Å². The molecule has 0 saturated heterocycles. The second-order valence-corrected chi connectivity index (χ2v) is 6.97. The van der Waals surface area contributed by atoms with Gasteiger partial charge >= 0.3 is 5.97 Å². The third-order valence-electron chi connectivity index (χ3n) is 4.97. The van der Waals surface area contributed by atoms with Crippen molar-refractivity contribution >= 4 is 5.97 Å². The fourth-order valence-corrected chi connectivity index (χ4v) is 3.32. The molecule has 1 aliphatic carbocycles. The third kappa shape index (κ3) is 5.49. The molecular formula is C21H29NO3. The molecular weight excluding hydrogens is 314 g/mol. The zero-order valence-corrected chi connectivity index (χ0v) is 15.4. The molecule has 2 rings (SSSR count). The number of nitriles is 1. The Balaban J connectivity index is 1.84. The SMILES string of the molecule is CCCC[C@]1(C#N)CC[C@@H](OC(=O)c2ccc(OCCC)cc2)CC1. The molecule has 4 nitrogen and oxygen atoms in total. The summed E-state index contributed by atoms with van der Waals surface area (Å²) < 4.78 is 11.2. The van der Waals surface area contributed by atoms with Gasteiger partial charge in [-0.05, 0) is 62.8 Å². The highest BCUT2D eigenvalue weighted by Crippen LogP contribution is 2.41. The molecule has 136 valence electrons. The van der Waals surface area contributed by atoms with E-state index in [9.17, 15) is 10.1 Å². The van der Waals surface area contributed by atoms with Gasteiger partial charge in [-0.15, -0.1) is 0 Å². The fourth-order valence-electron chi connectivity index (χ4n) is 3.32. The van der Waals surface area contributed by atoms with Crippen molar-refractivity contribution in [3.8, 4) is 11.8 Å². The summed E-state index contributed by atoms with van der Waals surface area (Å²) in [7, 11) is 0. The first-order valence-electron chi connectivity index (χ1n) is 9.47. The van der Waals surface area contributed by atoms with Crippen LogP contribution in [0, 0.1) is 16.7 Å². The lowest BCUT2D eigenvalue weighted by Crippen LogP contribution is -2.31. The minimum atomic E-state index is -0.287. The maximum Gasteiger partial charge on any atom is 0.338 e. The Morgan fingerprint density at radius 3 is 2.44 bits per heavy atom. The van der Waals surface area contributed by atoms with Gasteiger partial charge in [0.15, 0.2) is 0 Å². The van der Waals surface area contributed by atoms with Crippen molar-refractivity contribution in [3.05, 3.63) is 29.8 Å². The molecule has 25 heavy (non-hydrogen) atoms. The molecule has 0 unspecified atom stereocenters. The Labute approximate surface area is 151 Å². The second kappa shape index (κ2) is 9.46. The molecule has 1 fully saturated rings. The van der Waals surface area contributed by atoms with Gasteiger partial charge in [-0.1, -0.05) is 26.7 Å². The molecule has 1 aliphatic rings. The number of benzene rings is 1. The quantitative estimate of drug-likeness (QED) is 0.603. The number of ether oxygens (including phenoxy) is 2. The van der Waals surface area contributed by atoms with E-state index >= 15 is 0 Å². The summed E-state index contributed by atoms with van der Waals surface area (Å²) in [6.45, 7) is 4.88. The predicted octanol–water partition coefficient (Wildman–Crippen LogP) is 5.27. The van der Waals surface area contributed by atoms with E-state index in [0.717, 1.165) is 57.1 Å². The largest absolute Gasteiger partial charge is 0.494 e. The monoisotopic (exact) mass is 343 g/mol. The lowest BCUT2D eigenvalue weighted by Gasteiger charge is -2.34. The maximum atomic E-state index is 12.3. The van der Waals surface area contributed by atoms with Crippen LogP contribution in [-0.2, 0) is 4.74 Å². The first-order chi connectivity index (χ1) is 12.1. The van der Waals surface area contributed by atoms with Crippen LogP contribution in [0.25, 0.3) is 0 Å². The lowest BCUT2D eigenvalue weighted by atomic mass is 9.71. The Morgan fingerprint density at radius 1 is 1.20 bits per heavy atom. The lowest BCUT2D eigenvalue weighted by molar-refractivity contribution is 0.0105. The molecule has 0 bridgehead atoms. The van der Waals surface area contributed by atoms with Crippen LogP contribution >= 0.6 is 0 Å². The number of unbranched alkanes of at least 4 members (excludes halogenated alkanes) is 1. The molecule has 0 N–H and O–H groups in total. The van der Waals surface area contributed by atoms with Crippen LogP contribution < -0.4 is 4.74 Å². The summed E-state index contributed by atoms with van der Waals surface area (Å²) >= 11 is 0. The Morgan fingerprint density at radius 2 is 1.88 bits per heavy atom. The van der Waals surface area contributed by atoms with Crippen molar-refractivity contribution in [1.82, 2.24) is 0 Å². The molecule has 0 spiro atoms. The fraction of sp³-hybridized carbons (Fsp3) is 0.619. The van der Waals surface area contributed by atoms with Gasteiger partial charge in [0.1, 0.15) is 11.9 Å². The zero-order valence-electron chi connectivity index (χ0n) is 15.4. The van der Waals surface area contributed by atoms with Gasteiger partial charge < -0.3 is 9.47 Å². The summed E-state index contributed by atoms with van der Waals surface area (Å²) in [5.74, 6) is 0.482. The van der Waals surface area contributed by atoms with Crippen LogP contribution in [0.4, 0.5) is 0 Å². The standard InChI is InChI=1S/C21H29NO3/c1-3-5-12-21(16-22)13-10-19(11-14-21)25-20(23)17-6-8-18(9-7-17)24-15-4-2/h6-9,19H,3-5,10-15H2,1-2H3/t19-,21+. The van der Waals surface area contributed by atoms with Crippen molar-refractivity contribution in [1.29, 1.82) is 5.26 Å². The molecule has 0 atom stereocenters. The second-order valence-electron chi connectivity index (χ2n) is 6.97. The average molecular weight is 343 g/mol. The minimum absolute atomic E-state index is 0.0772. The van der Waals surface area contributed by atoms with E-state index in [2.05, 4.69) is 19.9 Å². The molecule has 1 saturated carbocycles. The summed E-state index contributed by atoms with van der Waals surface area (Å²) in [6, 6.07) is 9.63. The van der Waals surface area contributed by atoms with E-state index in [0.29, 0.717) is 12.2 Å². The number of nitrogens with zero attached hydrogens (tertiary/aromatic N) is 1. The maximum absolute atomic E-state index is 12.3. The van der Waals surface area contributed by atoms with Crippen LogP contribution in [0.2, 0.25) is 0 Å². The van der Waals surface area contributed by atoms with Crippen LogP contribution in [-0.4, -0.2) is 18.7 Å². The number of rotatable bonds is 8. The van der Waals surface area contributed by atoms with E-state index in [1.807, 2.05) is 0 Å². The zero-order chi connectivity index (χ0) is 18.1. The highest BCUT2D eigenvalue weighted by molar-refractivity contribution is 5.89. The van der Waals surface area contributed by atoms with E-state index in [1.165, 1.54) is 0 Å². The smallest absolute Gasteiger partial charge is 0.338 e. The van der Waals surface area contributed by atoms with Gasteiger partial charge in [-0.25, -0.2) is 4.79 Å². The number of carbonyl (C=O) groups is 1. The van der Waals surface area contributed by atoms with Crippen molar-refractivity contribution < 1.29 is 14.3 Å². The molecule has 0 radical (unpaired) electrons. The summed E-state index contributed by atoms with van der Waals surface area (Å²) in [5.41, 5.74) is 0.337. The normalized spacial score (nSPS) is 22.8. The average Bonchev–Trinajstić information content (AvgIpc) is 2.66. The Hall–Kier alpha value is -2.02. The van der Waals surface area contributed by atoms with Gasteiger partial charge in [0.25, 0.3) is 0 Å². The molecule has 1 aromatic rings. The van der Waals surface area contributed by atoms with Gasteiger partial charge in [0.05, 0.1) is 23.7 Å². The third-order valence-corrected chi connectivity index (χ3v) is 4.97. The van der Waals surface area contributed by atoms with Crippen LogP contribution in [0.5, 0.6) is 5.75 Å². The molecule has 0 amide bonds. The van der Waals surface area contributed by atoms with Gasteiger partial charge in [-0.3, -0.25) is 0 Å². The van der Waals surface area contributed by atoms with Gasteiger partial charge in [0, 0.05) is 0 Å². The van der Waals surface area contributed by atoms with E-state index < -0.39 is 0 Å². The summed E-state index contributed by atoms with van der Waals surface area (Å²) in [5, 5.41) is 9.53. The van der Waals surface area contributed by atoms with Gasteiger partial charge in [-0.2, -0.15) is 5.26 Å².